The maximum absolute atomic E-state index is 12.4. The summed E-state index contributed by atoms with van der Waals surface area (Å²) in [4.78, 5) is 23.7. The first-order chi connectivity index (χ1) is 12.0. The predicted molar refractivity (Wildman–Crippen MR) is 98.9 cm³/mol. The Morgan fingerprint density at radius 1 is 1.08 bits per heavy atom. The lowest BCUT2D eigenvalue weighted by atomic mass is 10.1. The van der Waals surface area contributed by atoms with Crippen LogP contribution in [0.25, 0.3) is 0 Å². The molecule has 0 bridgehead atoms. The van der Waals surface area contributed by atoms with Crippen LogP contribution in [-0.4, -0.2) is 32.0 Å². The van der Waals surface area contributed by atoms with Crippen molar-refractivity contribution in [2.45, 2.75) is 19.4 Å². The minimum atomic E-state index is -0.435. The Balaban J connectivity index is 1.95. The van der Waals surface area contributed by atoms with Gasteiger partial charge in [-0.3, -0.25) is 9.59 Å². The van der Waals surface area contributed by atoms with Crippen molar-refractivity contribution in [1.29, 1.82) is 0 Å². The van der Waals surface area contributed by atoms with Gasteiger partial charge in [0, 0.05) is 12.7 Å². The van der Waals surface area contributed by atoms with E-state index in [9.17, 15) is 9.59 Å². The van der Waals surface area contributed by atoms with Gasteiger partial charge in [0.1, 0.15) is 11.8 Å². The molecule has 0 saturated carbocycles. The van der Waals surface area contributed by atoms with Gasteiger partial charge >= 0.3 is 0 Å². The van der Waals surface area contributed by atoms with Gasteiger partial charge in [0.15, 0.2) is 0 Å². The molecule has 0 aliphatic carbocycles. The zero-order valence-electron chi connectivity index (χ0n) is 14.6. The van der Waals surface area contributed by atoms with Crippen LogP contribution in [0.1, 0.15) is 12.5 Å². The molecule has 2 rings (SSSR count). The second-order valence-electron chi connectivity index (χ2n) is 5.60. The Hall–Kier alpha value is -3.02. The van der Waals surface area contributed by atoms with E-state index in [1.54, 1.807) is 33.2 Å². The van der Waals surface area contributed by atoms with Crippen molar-refractivity contribution < 1.29 is 14.3 Å². The van der Waals surface area contributed by atoms with Crippen LogP contribution in [0.4, 0.5) is 11.4 Å². The minimum Gasteiger partial charge on any atom is -0.495 e. The lowest BCUT2D eigenvalue weighted by molar-refractivity contribution is -0.120. The maximum Gasteiger partial charge on any atom is 0.246 e. The van der Waals surface area contributed by atoms with Crippen molar-refractivity contribution in [3.8, 4) is 5.75 Å². The molecule has 1 atom stereocenters. The van der Waals surface area contributed by atoms with Gasteiger partial charge in [-0.15, -0.1) is 0 Å². The molecule has 2 aromatic rings. The summed E-state index contributed by atoms with van der Waals surface area (Å²) in [6.07, 6.45) is 0.334. The smallest absolute Gasteiger partial charge is 0.246 e. The molecule has 6 nitrogen and oxygen atoms in total. The molecule has 0 fully saturated rings. The Kier molecular flexibility index (Phi) is 6.39. The average Bonchev–Trinajstić information content (AvgIpc) is 2.63. The van der Waals surface area contributed by atoms with Crippen LogP contribution in [-0.2, 0) is 16.0 Å². The van der Waals surface area contributed by atoms with Crippen molar-refractivity contribution in [3.63, 3.8) is 0 Å². The van der Waals surface area contributed by atoms with Crippen LogP contribution < -0.4 is 20.7 Å². The molecule has 6 heteroatoms. The quantitative estimate of drug-likeness (QED) is 0.723. The Labute approximate surface area is 147 Å². The number of methoxy groups -OCH3 is 1. The van der Waals surface area contributed by atoms with E-state index < -0.39 is 6.04 Å². The predicted octanol–water partition coefficient (Wildman–Crippen LogP) is 2.42. The number of benzene rings is 2. The number of rotatable bonds is 7. The van der Waals surface area contributed by atoms with Gasteiger partial charge in [0.2, 0.25) is 11.8 Å². The van der Waals surface area contributed by atoms with Gasteiger partial charge in [0.05, 0.1) is 19.2 Å². The number of para-hydroxylation sites is 2. The molecule has 0 aromatic heterocycles. The Morgan fingerprint density at radius 3 is 2.40 bits per heavy atom. The molecular formula is C19H23N3O3. The summed E-state index contributed by atoms with van der Waals surface area (Å²) in [5.41, 5.74) is 2.35. The second kappa shape index (κ2) is 8.73. The van der Waals surface area contributed by atoms with Crippen LogP contribution in [0, 0.1) is 0 Å². The summed E-state index contributed by atoms with van der Waals surface area (Å²) in [6, 6.07) is 14.3. The zero-order chi connectivity index (χ0) is 18.2. The highest BCUT2D eigenvalue weighted by Crippen LogP contribution is 2.23. The largest absolute Gasteiger partial charge is 0.495 e. The fraction of sp³-hybridized carbons (Fsp3) is 0.263. The first-order valence-electron chi connectivity index (χ1n) is 8.03. The van der Waals surface area contributed by atoms with Crippen molar-refractivity contribution >= 4 is 23.2 Å². The van der Waals surface area contributed by atoms with Gasteiger partial charge in [-0.25, -0.2) is 0 Å². The van der Waals surface area contributed by atoms with Crippen LogP contribution >= 0.6 is 0 Å². The number of carbonyl (C=O) groups is 2. The minimum absolute atomic E-state index is 0.0368. The number of carbonyl (C=O) groups excluding carboxylic acids is 2. The molecule has 0 saturated heterocycles. The summed E-state index contributed by atoms with van der Waals surface area (Å²) in [6.45, 7) is 1.78. The van der Waals surface area contributed by atoms with Crippen molar-refractivity contribution in [2.24, 2.45) is 0 Å². The SMILES string of the molecule is CNC(=O)Cc1ccc(NC(C)C(=O)Nc2ccccc2OC)cc1. The molecule has 25 heavy (non-hydrogen) atoms. The first kappa shape index (κ1) is 18.3. The molecule has 0 aliphatic heterocycles. The van der Waals surface area contributed by atoms with Gasteiger partial charge in [-0.05, 0) is 36.8 Å². The van der Waals surface area contributed by atoms with Gasteiger partial charge in [-0.2, -0.15) is 0 Å². The Morgan fingerprint density at radius 2 is 1.76 bits per heavy atom. The number of amides is 2. The number of anilines is 2. The van der Waals surface area contributed by atoms with E-state index in [1.807, 2.05) is 36.4 Å². The van der Waals surface area contributed by atoms with E-state index in [2.05, 4.69) is 16.0 Å². The van der Waals surface area contributed by atoms with Crippen LogP contribution in [0.5, 0.6) is 5.75 Å². The molecule has 0 spiro atoms. The molecule has 2 amide bonds. The van der Waals surface area contributed by atoms with E-state index >= 15 is 0 Å². The number of nitrogens with one attached hydrogen (secondary N) is 3. The lowest BCUT2D eigenvalue weighted by Crippen LogP contribution is -2.32. The fourth-order valence-electron chi connectivity index (χ4n) is 2.30. The average molecular weight is 341 g/mol. The van der Waals surface area contributed by atoms with E-state index in [0.717, 1.165) is 11.3 Å². The topological polar surface area (TPSA) is 79.5 Å². The molecule has 1 unspecified atom stereocenters. The molecule has 3 N–H and O–H groups in total. The highest BCUT2D eigenvalue weighted by atomic mass is 16.5. The highest BCUT2D eigenvalue weighted by Gasteiger charge is 2.14. The lowest BCUT2D eigenvalue weighted by Gasteiger charge is -2.17. The molecule has 132 valence electrons. The first-order valence-corrected chi connectivity index (χ1v) is 8.03. The van der Waals surface area contributed by atoms with Crippen LogP contribution in [0.2, 0.25) is 0 Å². The standard InChI is InChI=1S/C19H23N3O3/c1-13(19(24)22-16-6-4-5-7-17(16)25-3)21-15-10-8-14(9-11-15)12-18(23)20-2/h4-11,13,21H,12H2,1-3H3,(H,20,23)(H,22,24). The van der Waals surface area contributed by atoms with E-state index in [-0.39, 0.29) is 11.8 Å². The summed E-state index contributed by atoms with van der Waals surface area (Å²) >= 11 is 0. The summed E-state index contributed by atoms with van der Waals surface area (Å²) in [5, 5.41) is 8.58. The fourth-order valence-corrected chi connectivity index (χ4v) is 2.30. The summed E-state index contributed by atoms with van der Waals surface area (Å²) < 4.78 is 5.23. The van der Waals surface area contributed by atoms with E-state index in [4.69, 9.17) is 4.74 Å². The number of ether oxygens (including phenoxy) is 1. The van der Waals surface area contributed by atoms with E-state index in [1.165, 1.54) is 0 Å². The number of likely N-dealkylation sites (N-methyl/N-ethyl adjacent to an activating group) is 1. The number of hydrogen-bond acceptors (Lipinski definition) is 4. The third kappa shape index (κ3) is 5.24. The normalized spacial score (nSPS) is 11.3. The molecule has 0 heterocycles. The molecule has 0 aliphatic rings. The number of hydrogen-bond donors (Lipinski definition) is 3. The highest BCUT2D eigenvalue weighted by molar-refractivity contribution is 5.97. The van der Waals surface area contributed by atoms with Gasteiger partial charge < -0.3 is 20.7 Å². The molecule has 0 radical (unpaired) electrons. The van der Waals surface area contributed by atoms with E-state index in [0.29, 0.717) is 17.9 Å². The second-order valence-corrected chi connectivity index (χ2v) is 5.60. The van der Waals surface area contributed by atoms with Crippen LogP contribution in [0.15, 0.2) is 48.5 Å². The third-order valence-electron chi connectivity index (χ3n) is 3.74. The Bertz CT molecular complexity index is 729. The molecular weight excluding hydrogens is 318 g/mol. The van der Waals surface area contributed by atoms with Crippen molar-refractivity contribution in [3.05, 3.63) is 54.1 Å². The van der Waals surface area contributed by atoms with Crippen molar-refractivity contribution in [1.82, 2.24) is 5.32 Å². The zero-order valence-corrected chi connectivity index (χ0v) is 14.6. The molecule has 2 aromatic carbocycles. The summed E-state index contributed by atoms with van der Waals surface area (Å²) in [5.74, 6) is 0.408. The monoisotopic (exact) mass is 341 g/mol. The van der Waals surface area contributed by atoms with Crippen molar-refractivity contribution in [2.75, 3.05) is 24.8 Å². The summed E-state index contributed by atoms with van der Waals surface area (Å²) in [7, 11) is 3.17. The van der Waals surface area contributed by atoms with Gasteiger partial charge in [-0.1, -0.05) is 24.3 Å². The van der Waals surface area contributed by atoms with Crippen LogP contribution in [0.3, 0.4) is 0 Å². The maximum atomic E-state index is 12.4. The third-order valence-corrected chi connectivity index (χ3v) is 3.74. The van der Waals surface area contributed by atoms with Gasteiger partial charge in [0.25, 0.3) is 0 Å².